The fourth-order valence-electron chi connectivity index (χ4n) is 2.52. The van der Waals surface area contributed by atoms with Gasteiger partial charge in [0.2, 0.25) is 0 Å². The molecular weight excluding hydrogens is 320 g/mol. The quantitative estimate of drug-likeness (QED) is 0.680. The van der Waals surface area contributed by atoms with Crippen molar-refractivity contribution >= 4 is 11.6 Å². The number of benzene rings is 2. The number of hydrogen-bond acceptors (Lipinski definition) is 3. The summed E-state index contributed by atoms with van der Waals surface area (Å²) in [7, 11) is 0. The predicted octanol–water partition coefficient (Wildman–Crippen LogP) is 4.03. The third kappa shape index (κ3) is 3.64. The molecule has 5 heteroatoms. The largest absolute Gasteiger partial charge is 0.251 e. The van der Waals surface area contributed by atoms with Crippen molar-refractivity contribution in [2.45, 2.75) is 24.8 Å². The van der Waals surface area contributed by atoms with E-state index >= 15 is 0 Å². The Morgan fingerprint density at radius 3 is 2.58 bits per heavy atom. The molecule has 120 valence electrons. The maximum absolute atomic E-state index is 10.2. The fraction of sp³-hybridized carbons (Fsp3) is 0.211. The number of hydrogen-bond donors (Lipinski definition) is 0. The van der Waals surface area contributed by atoms with Gasteiger partial charge in [-0.15, -0.1) is 0 Å². The van der Waals surface area contributed by atoms with E-state index in [1.165, 1.54) is 17.3 Å². The van der Waals surface area contributed by atoms with Crippen LogP contribution in [0.5, 0.6) is 0 Å². The molecule has 0 N–H and O–H groups in total. The van der Waals surface area contributed by atoms with E-state index in [1.54, 1.807) is 12.1 Å². The van der Waals surface area contributed by atoms with Crippen LogP contribution in [0.4, 0.5) is 0 Å². The van der Waals surface area contributed by atoms with Crippen molar-refractivity contribution in [1.82, 2.24) is 14.8 Å². The number of nitrogens with zero attached hydrogens (tertiary/aromatic N) is 4. The molecule has 0 spiro atoms. The molecule has 4 nitrogen and oxygen atoms in total. The van der Waals surface area contributed by atoms with Gasteiger partial charge in [-0.2, -0.15) is 10.4 Å². The Morgan fingerprint density at radius 2 is 1.96 bits per heavy atom. The first-order valence-electron chi connectivity index (χ1n) is 9.84. The van der Waals surface area contributed by atoms with Gasteiger partial charge in [-0.3, -0.25) is 4.68 Å². The molecule has 0 aliphatic heterocycles. The predicted molar refractivity (Wildman–Crippen MR) is 93.5 cm³/mol. The van der Waals surface area contributed by atoms with Crippen molar-refractivity contribution in [3.8, 4) is 6.07 Å². The molecule has 1 atom stereocenters. The van der Waals surface area contributed by atoms with E-state index in [4.69, 9.17) is 18.5 Å². The zero-order chi connectivity index (χ0) is 21.2. The second-order valence-corrected chi connectivity index (χ2v) is 5.85. The molecule has 0 aliphatic carbocycles. The summed E-state index contributed by atoms with van der Waals surface area (Å²) in [6, 6.07) is 7.19. The lowest BCUT2D eigenvalue weighted by Crippen LogP contribution is -2.31. The summed E-state index contributed by atoms with van der Waals surface area (Å²) in [6.45, 7) is 0.00504. The number of rotatable bonds is 6. The first kappa shape index (κ1) is 11.0. The van der Waals surface area contributed by atoms with Crippen LogP contribution in [0.3, 0.4) is 0 Å². The van der Waals surface area contributed by atoms with E-state index in [-0.39, 0.29) is 30.6 Å². The van der Waals surface area contributed by atoms with Gasteiger partial charge in [0, 0.05) is 5.02 Å². The van der Waals surface area contributed by atoms with Gasteiger partial charge in [0.1, 0.15) is 18.1 Å². The van der Waals surface area contributed by atoms with Crippen LogP contribution in [0.15, 0.2) is 67.1 Å². The Morgan fingerprint density at radius 1 is 1.21 bits per heavy atom. The Kier molecular flexibility index (Phi) is 3.34. The van der Waals surface area contributed by atoms with E-state index in [0.29, 0.717) is 11.4 Å². The summed E-state index contributed by atoms with van der Waals surface area (Å²) in [5, 5.41) is 14.8. The highest BCUT2D eigenvalue weighted by Gasteiger charge is 2.33. The lowest BCUT2D eigenvalue weighted by molar-refractivity contribution is 0.402. The van der Waals surface area contributed by atoms with E-state index in [0.717, 1.165) is 5.56 Å². The van der Waals surface area contributed by atoms with Gasteiger partial charge in [0.25, 0.3) is 0 Å². The lowest BCUT2D eigenvalue weighted by atomic mass is 9.77. The van der Waals surface area contributed by atoms with Crippen LogP contribution in [0.2, 0.25) is 5.02 Å². The summed E-state index contributed by atoms with van der Waals surface area (Å²) < 4.78 is 42.0. The average molecular weight is 342 g/mol. The van der Waals surface area contributed by atoms with Crippen molar-refractivity contribution in [3.05, 3.63) is 83.3 Å². The first-order chi connectivity index (χ1) is 13.8. The topological polar surface area (TPSA) is 54.5 Å². The zero-order valence-corrected chi connectivity index (χ0v) is 13.5. The Labute approximate surface area is 153 Å². The van der Waals surface area contributed by atoms with Crippen LogP contribution in [0, 0.1) is 11.3 Å². The first-order valence-corrected chi connectivity index (χ1v) is 7.72. The molecule has 0 radical (unpaired) electrons. The van der Waals surface area contributed by atoms with Crippen molar-refractivity contribution < 1.29 is 6.85 Å². The van der Waals surface area contributed by atoms with Crippen LogP contribution in [-0.4, -0.2) is 14.8 Å². The molecule has 0 saturated heterocycles. The molecule has 0 saturated carbocycles. The van der Waals surface area contributed by atoms with Crippen LogP contribution in [0.25, 0.3) is 0 Å². The van der Waals surface area contributed by atoms with Gasteiger partial charge < -0.3 is 0 Å². The molecule has 1 unspecified atom stereocenters. The van der Waals surface area contributed by atoms with E-state index in [2.05, 4.69) is 16.2 Å². The van der Waals surface area contributed by atoms with Gasteiger partial charge in [0.05, 0.1) is 19.5 Å². The van der Waals surface area contributed by atoms with Crippen LogP contribution in [-0.2, 0) is 18.4 Å². The van der Waals surface area contributed by atoms with Gasteiger partial charge in [-0.1, -0.05) is 53.9 Å². The minimum absolute atomic E-state index is 0.00504. The lowest BCUT2D eigenvalue weighted by Gasteiger charge is -2.27. The zero-order valence-electron chi connectivity index (χ0n) is 17.8. The normalized spacial score (nSPS) is 16.1. The second kappa shape index (κ2) is 7.29. The minimum Gasteiger partial charge on any atom is -0.251 e. The highest BCUT2D eigenvalue weighted by Crippen LogP contribution is 2.31. The minimum atomic E-state index is -1.40. The summed E-state index contributed by atoms with van der Waals surface area (Å²) in [6.07, 6.45) is 3.42. The maximum atomic E-state index is 10.2. The van der Waals surface area contributed by atoms with Gasteiger partial charge in [-0.25, -0.2) is 4.98 Å². The third-order valence-corrected chi connectivity index (χ3v) is 4.10. The van der Waals surface area contributed by atoms with Crippen LogP contribution >= 0.6 is 11.6 Å². The van der Waals surface area contributed by atoms with Crippen molar-refractivity contribution in [3.63, 3.8) is 0 Å². The molecule has 0 fully saturated rings. The standard InChI is InChI=1S/C19H17ClN4/c20-18-8-6-16(7-9-18)10-11-19(12-21,13-24-15-22-14-23-24)17-4-2-1-3-5-17/h1-9,14-15H,10-11,13H2/i1D,2D,3D,4D,5D. The highest BCUT2D eigenvalue weighted by molar-refractivity contribution is 6.30. The SMILES string of the molecule is [2H]c1c([2H])c([2H])c(C(C#N)(CCc2ccc(Cl)cc2)Cn2cncn2)c([2H])c1[2H]. The van der Waals surface area contributed by atoms with Gasteiger partial charge in [-0.05, 0) is 36.1 Å². The molecule has 1 aromatic heterocycles. The fourth-order valence-corrected chi connectivity index (χ4v) is 2.65. The number of aryl methyl sites for hydroxylation is 1. The Balaban J connectivity index is 2.12. The monoisotopic (exact) mass is 341 g/mol. The van der Waals surface area contributed by atoms with Gasteiger partial charge >= 0.3 is 0 Å². The molecular formula is C19H17ClN4. The van der Waals surface area contributed by atoms with Crippen LogP contribution < -0.4 is 0 Å². The van der Waals surface area contributed by atoms with Gasteiger partial charge in [0.15, 0.2) is 0 Å². The summed E-state index contributed by atoms with van der Waals surface area (Å²) in [5.41, 5.74) is -0.517. The molecule has 2 aromatic carbocycles. The van der Waals surface area contributed by atoms with E-state index < -0.39 is 23.5 Å². The number of halogens is 1. The number of aromatic nitrogens is 3. The smallest absolute Gasteiger partial charge is 0.137 e. The summed E-state index contributed by atoms with van der Waals surface area (Å²) >= 11 is 5.93. The highest BCUT2D eigenvalue weighted by atomic mass is 35.5. The second-order valence-electron chi connectivity index (χ2n) is 5.41. The molecule has 1 heterocycles. The van der Waals surface area contributed by atoms with Crippen molar-refractivity contribution in [1.29, 1.82) is 5.26 Å². The average Bonchev–Trinajstić information content (AvgIpc) is 3.23. The van der Waals surface area contributed by atoms with E-state index in [9.17, 15) is 5.26 Å². The maximum Gasteiger partial charge on any atom is 0.137 e. The Bertz CT molecular complexity index is 1030. The third-order valence-electron chi connectivity index (χ3n) is 3.84. The van der Waals surface area contributed by atoms with Crippen molar-refractivity contribution in [2.24, 2.45) is 0 Å². The number of nitriles is 1. The van der Waals surface area contributed by atoms with Crippen LogP contribution in [0.1, 0.15) is 24.4 Å². The summed E-state index contributed by atoms with van der Waals surface area (Å²) in [4.78, 5) is 3.89. The summed E-state index contributed by atoms with van der Waals surface area (Å²) in [5.74, 6) is 0. The molecule has 0 bridgehead atoms. The Hall–Kier alpha value is -2.64. The molecule has 3 rings (SSSR count). The van der Waals surface area contributed by atoms with E-state index in [1.807, 2.05) is 12.1 Å². The molecule has 24 heavy (non-hydrogen) atoms. The molecule has 3 aromatic rings. The molecule has 0 amide bonds. The van der Waals surface area contributed by atoms with Crippen molar-refractivity contribution in [2.75, 3.05) is 0 Å². The molecule has 0 aliphatic rings.